The highest BCUT2D eigenvalue weighted by atomic mass is 16.5. The molecule has 0 spiro atoms. The molecular weight excluding hydrogens is 248 g/mol. The Labute approximate surface area is 108 Å². The molecule has 0 unspecified atom stereocenters. The third kappa shape index (κ3) is 2.28. The van der Waals surface area contributed by atoms with Crippen LogP contribution in [0.4, 0.5) is 5.69 Å². The van der Waals surface area contributed by atoms with E-state index >= 15 is 0 Å². The molecule has 0 atom stereocenters. The summed E-state index contributed by atoms with van der Waals surface area (Å²) >= 11 is 0. The van der Waals surface area contributed by atoms with E-state index in [0.717, 1.165) is 0 Å². The van der Waals surface area contributed by atoms with Gasteiger partial charge in [0, 0.05) is 17.4 Å². The lowest BCUT2D eigenvalue weighted by Gasteiger charge is -2.09. The van der Waals surface area contributed by atoms with Crippen LogP contribution in [0.3, 0.4) is 0 Å². The van der Waals surface area contributed by atoms with Gasteiger partial charge in [-0.2, -0.15) is 0 Å². The number of benzene rings is 1. The van der Waals surface area contributed by atoms with Crippen LogP contribution in [0.25, 0.3) is 0 Å². The number of carbonyl (C=O) groups is 2. The van der Waals surface area contributed by atoms with Crippen molar-refractivity contribution in [2.24, 2.45) is 0 Å². The molecule has 0 amide bonds. The number of anilines is 1. The molecular formula is C13H12N2O4. The summed E-state index contributed by atoms with van der Waals surface area (Å²) in [6, 6.07) is 6.14. The molecule has 1 aromatic heterocycles. The van der Waals surface area contributed by atoms with E-state index in [1.807, 2.05) is 0 Å². The normalized spacial score (nSPS) is 10.2. The summed E-state index contributed by atoms with van der Waals surface area (Å²) in [6.45, 7) is 0. The van der Waals surface area contributed by atoms with Crippen molar-refractivity contribution in [2.45, 2.75) is 0 Å². The van der Waals surface area contributed by atoms with Gasteiger partial charge in [0.05, 0.1) is 12.7 Å². The van der Waals surface area contributed by atoms with Crippen molar-refractivity contribution in [3.63, 3.8) is 0 Å². The molecule has 0 bridgehead atoms. The maximum atomic E-state index is 12.3. The van der Waals surface area contributed by atoms with Crippen LogP contribution in [-0.2, 0) is 0 Å². The predicted octanol–water partition coefficient (Wildman–Crippen LogP) is 1.53. The van der Waals surface area contributed by atoms with Gasteiger partial charge in [-0.05, 0) is 18.2 Å². The van der Waals surface area contributed by atoms with Gasteiger partial charge in [0.25, 0.3) is 0 Å². The second-order valence-electron chi connectivity index (χ2n) is 3.86. The number of nitrogens with two attached hydrogens (primary N) is 1. The minimum absolute atomic E-state index is 0.0585. The fourth-order valence-corrected chi connectivity index (χ4v) is 1.75. The number of aromatic carboxylic acids is 1. The van der Waals surface area contributed by atoms with Gasteiger partial charge in [-0.1, -0.05) is 6.07 Å². The molecule has 2 rings (SSSR count). The molecule has 2 aromatic rings. The molecule has 0 radical (unpaired) electrons. The van der Waals surface area contributed by atoms with Crippen molar-refractivity contribution in [3.8, 4) is 5.75 Å². The molecule has 1 aromatic carbocycles. The van der Waals surface area contributed by atoms with Gasteiger partial charge in [0.15, 0.2) is 5.78 Å². The molecule has 1 heterocycles. The number of aromatic nitrogens is 1. The lowest BCUT2D eigenvalue weighted by atomic mass is 10.0. The van der Waals surface area contributed by atoms with Gasteiger partial charge in [-0.3, -0.25) is 4.79 Å². The van der Waals surface area contributed by atoms with Crippen molar-refractivity contribution in [2.75, 3.05) is 12.8 Å². The molecule has 4 N–H and O–H groups in total. The van der Waals surface area contributed by atoms with Crippen LogP contribution in [0.5, 0.6) is 5.75 Å². The fraction of sp³-hybridized carbons (Fsp3) is 0.0769. The lowest BCUT2D eigenvalue weighted by Crippen LogP contribution is -2.07. The molecule has 6 nitrogen and oxygen atoms in total. The average Bonchev–Trinajstić information content (AvgIpc) is 2.87. The summed E-state index contributed by atoms with van der Waals surface area (Å²) in [5, 5.41) is 8.81. The number of carboxylic acids is 1. The van der Waals surface area contributed by atoms with E-state index in [0.29, 0.717) is 5.75 Å². The summed E-state index contributed by atoms with van der Waals surface area (Å²) in [5.74, 6) is -1.17. The van der Waals surface area contributed by atoms with Crippen LogP contribution in [-0.4, -0.2) is 29.0 Å². The van der Waals surface area contributed by atoms with E-state index in [4.69, 9.17) is 15.6 Å². The first-order valence-electron chi connectivity index (χ1n) is 5.43. The van der Waals surface area contributed by atoms with Crippen molar-refractivity contribution in [1.82, 2.24) is 4.98 Å². The smallest absolute Gasteiger partial charge is 0.352 e. The van der Waals surface area contributed by atoms with Gasteiger partial charge in [-0.25, -0.2) is 4.79 Å². The number of aromatic amines is 1. The van der Waals surface area contributed by atoms with Gasteiger partial charge < -0.3 is 20.6 Å². The van der Waals surface area contributed by atoms with Crippen molar-refractivity contribution >= 4 is 17.4 Å². The Morgan fingerprint density at radius 1 is 1.37 bits per heavy atom. The van der Waals surface area contributed by atoms with Crippen molar-refractivity contribution < 1.29 is 19.4 Å². The van der Waals surface area contributed by atoms with E-state index < -0.39 is 11.8 Å². The molecule has 0 aliphatic carbocycles. The summed E-state index contributed by atoms with van der Waals surface area (Å²) in [7, 11) is 1.44. The van der Waals surface area contributed by atoms with Gasteiger partial charge in [-0.15, -0.1) is 0 Å². The largest absolute Gasteiger partial charge is 0.496 e. The number of hydrogen-bond acceptors (Lipinski definition) is 4. The maximum Gasteiger partial charge on any atom is 0.352 e. The first-order chi connectivity index (χ1) is 9.04. The van der Waals surface area contributed by atoms with Crippen molar-refractivity contribution in [3.05, 3.63) is 47.3 Å². The highest BCUT2D eigenvalue weighted by molar-refractivity contribution is 6.14. The first-order valence-corrected chi connectivity index (χ1v) is 5.43. The first kappa shape index (κ1) is 12.7. The molecule has 98 valence electrons. The summed E-state index contributed by atoms with van der Waals surface area (Å²) < 4.78 is 5.10. The zero-order valence-electron chi connectivity index (χ0n) is 10.1. The maximum absolute atomic E-state index is 12.3. The van der Waals surface area contributed by atoms with Crippen LogP contribution in [0.15, 0.2) is 30.5 Å². The molecule has 0 saturated carbocycles. The Morgan fingerprint density at radius 3 is 2.68 bits per heavy atom. The number of ether oxygens (including phenoxy) is 1. The number of hydrogen-bond donors (Lipinski definition) is 3. The Balaban J connectivity index is 2.46. The molecule has 0 aliphatic rings. The summed E-state index contributed by atoms with van der Waals surface area (Å²) in [5.41, 5.74) is 6.44. The van der Waals surface area contributed by atoms with Crippen LogP contribution < -0.4 is 10.5 Å². The Hall–Kier alpha value is -2.76. The molecule has 0 fully saturated rings. The minimum atomic E-state index is -1.13. The minimum Gasteiger partial charge on any atom is -0.496 e. The Bertz CT molecular complexity index is 646. The SMILES string of the molecule is COc1cccc(N)c1C(=O)c1c[nH]c(C(=O)O)c1. The zero-order chi connectivity index (χ0) is 14.0. The van der Waals surface area contributed by atoms with Crippen LogP contribution in [0, 0.1) is 0 Å². The highest BCUT2D eigenvalue weighted by Gasteiger charge is 2.19. The number of nitrogens with one attached hydrogen (secondary N) is 1. The lowest BCUT2D eigenvalue weighted by molar-refractivity contribution is 0.0691. The third-order valence-corrected chi connectivity index (χ3v) is 2.68. The van der Waals surface area contributed by atoms with Crippen LogP contribution >= 0.6 is 0 Å². The number of rotatable bonds is 4. The molecule has 6 heteroatoms. The van der Waals surface area contributed by atoms with Gasteiger partial charge >= 0.3 is 5.97 Å². The monoisotopic (exact) mass is 260 g/mol. The topological polar surface area (TPSA) is 105 Å². The quantitative estimate of drug-likeness (QED) is 0.571. The number of ketones is 1. The zero-order valence-corrected chi connectivity index (χ0v) is 10.1. The van der Waals surface area contributed by atoms with Crippen LogP contribution in [0.2, 0.25) is 0 Å². The Kier molecular flexibility index (Phi) is 3.24. The van der Waals surface area contributed by atoms with Crippen LogP contribution in [0.1, 0.15) is 26.4 Å². The molecule has 0 aliphatic heterocycles. The van der Waals surface area contributed by atoms with E-state index in [-0.39, 0.29) is 22.5 Å². The molecule has 19 heavy (non-hydrogen) atoms. The standard InChI is InChI=1S/C13H12N2O4/c1-19-10-4-2-3-8(14)11(10)12(16)7-5-9(13(17)18)15-6-7/h2-6,15H,14H2,1H3,(H,17,18). The summed E-state index contributed by atoms with van der Waals surface area (Å²) in [6.07, 6.45) is 1.33. The average molecular weight is 260 g/mol. The van der Waals surface area contributed by atoms with Gasteiger partial charge in [0.1, 0.15) is 11.4 Å². The Morgan fingerprint density at radius 2 is 2.11 bits per heavy atom. The van der Waals surface area contributed by atoms with E-state index in [1.165, 1.54) is 19.4 Å². The summed E-state index contributed by atoms with van der Waals surface area (Å²) in [4.78, 5) is 25.6. The van der Waals surface area contributed by atoms with E-state index in [9.17, 15) is 9.59 Å². The number of carbonyl (C=O) groups excluding carboxylic acids is 1. The van der Waals surface area contributed by atoms with E-state index in [2.05, 4.69) is 4.98 Å². The second-order valence-corrected chi connectivity index (χ2v) is 3.86. The molecule has 0 saturated heterocycles. The fourth-order valence-electron chi connectivity index (χ4n) is 1.75. The number of H-pyrrole nitrogens is 1. The highest BCUT2D eigenvalue weighted by Crippen LogP contribution is 2.27. The van der Waals surface area contributed by atoms with Gasteiger partial charge in [0.2, 0.25) is 0 Å². The number of carboxylic acid groups (broad SMARTS) is 1. The third-order valence-electron chi connectivity index (χ3n) is 2.68. The number of methoxy groups -OCH3 is 1. The number of nitrogen functional groups attached to an aromatic ring is 1. The van der Waals surface area contributed by atoms with Crippen molar-refractivity contribution in [1.29, 1.82) is 0 Å². The second kappa shape index (κ2) is 4.85. The van der Waals surface area contributed by atoms with E-state index in [1.54, 1.807) is 18.2 Å². The predicted molar refractivity (Wildman–Crippen MR) is 68.6 cm³/mol.